The first-order valence-electron chi connectivity index (χ1n) is 6.77. The van der Waals surface area contributed by atoms with E-state index in [1.807, 2.05) is 6.07 Å². The Morgan fingerprint density at radius 2 is 2.22 bits per heavy atom. The predicted molar refractivity (Wildman–Crippen MR) is 70.7 cm³/mol. The lowest BCUT2D eigenvalue weighted by atomic mass is 9.61. The molecule has 0 unspecified atom stereocenters. The summed E-state index contributed by atoms with van der Waals surface area (Å²) < 4.78 is 5.65. The summed E-state index contributed by atoms with van der Waals surface area (Å²) in [5.41, 5.74) is 9.01. The van der Waals surface area contributed by atoms with Crippen LogP contribution in [0, 0.1) is 5.92 Å². The van der Waals surface area contributed by atoms with Crippen molar-refractivity contribution in [2.45, 2.75) is 37.6 Å². The van der Waals surface area contributed by atoms with E-state index >= 15 is 0 Å². The summed E-state index contributed by atoms with van der Waals surface area (Å²) >= 11 is 0. The van der Waals surface area contributed by atoms with Crippen LogP contribution in [0.25, 0.3) is 0 Å². The highest BCUT2D eigenvalue weighted by molar-refractivity contribution is 5.43. The minimum absolute atomic E-state index is 0.0720. The van der Waals surface area contributed by atoms with E-state index < -0.39 is 0 Å². The highest BCUT2D eigenvalue weighted by Gasteiger charge is 2.44. The van der Waals surface area contributed by atoms with Crippen molar-refractivity contribution < 1.29 is 9.84 Å². The molecule has 1 aromatic rings. The lowest BCUT2D eigenvalue weighted by Gasteiger charge is -2.47. The number of fused-ring (bicyclic) bond motifs is 4. The molecule has 3 rings (SSSR count). The number of aromatic hydroxyl groups is 1. The monoisotopic (exact) mass is 247 g/mol. The maximum absolute atomic E-state index is 9.74. The normalized spacial score (nSPS) is 35.4. The van der Waals surface area contributed by atoms with E-state index in [0.29, 0.717) is 11.7 Å². The summed E-state index contributed by atoms with van der Waals surface area (Å²) in [5.74, 6) is 0.830. The molecule has 18 heavy (non-hydrogen) atoms. The molecule has 0 aromatic heterocycles. The average molecular weight is 247 g/mol. The molecule has 1 aliphatic carbocycles. The molecule has 3 heteroatoms. The van der Waals surface area contributed by atoms with E-state index in [-0.39, 0.29) is 11.5 Å². The molecule has 3 N–H and O–H groups in total. The first-order chi connectivity index (χ1) is 8.61. The Balaban J connectivity index is 2.11. The highest BCUT2D eigenvalue weighted by Crippen LogP contribution is 2.44. The quantitative estimate of drug-likeness (QED) is 0.737. The maximum atomic E-state index is 9.74. The first-order valence-corrected chi connectivity index (χ1v) is 6.77. The van der Waals surface area contributed by atoms with Crippen molar-refractivity contribution >= 4 is 0 Å². The number of nitrogens with two attached hydrogens (primary N) is 1. The Morgan fingerprint density at radius 3 is 3.06 bits per heavy atom. The van der Waals surface area contributed by atoms with Gasteiger partial charge in [-0.05, 0) is 48.4 Å². The second-order valence-electron chi connectivity index (χ2n) is 5.90. The standard InChI is InChI=1S/C15H21NO2/c1-15-5-7-18-6-4-11(14(15)16)8-10-2-3-12(17)9-13(10)15/h2-3,9,11,14,17H,4-8,16H2,1H3/t11-,14-,15+/m0/s1. The number of hydrogen-bond acceptors (Lipinski definition) is 3. The topological polar surface area (TPSA) is 55.5 Å². The van der Waals surface area contributed by atoms with Crippen molar-refractivity contribution in [1.29, 1.82) is 0 Å². The summed E-state index contributed by atoms with van der Waals surface area (Å²) in [6, 6.07) is 5.91. The van der Waals surface area contributed by atoms with Gasteiger partial charge in [-0.15, -0.1) is 0 Å². The fourth-order valence-electron chi connectivity index (χ4n) is 3.59. The Bertz CT molecular complexity index is 460. The lowest BCUT2D eigenvalue weighted by molar-refractivity contribution is 0.0575. The van der Waals surface area contributed by atoms with Gasteiger partial charge in [-0.2, -0.15) is 0 Å². The first kappa shape index (κ1) is 12.0. The molecule has 1 aromatic carbocycles. The van der Waals surface area contributed by atoms with E-state index in [0.717, 1.165) is 32.5 Å². The number of phenolic OH excluding ortho intramolecular Hbond substituents is 1. The van der Waals surface area contributed by atoms with Gasteiger partial charge in [-0.3, -0.25) is 0 Å². The molecule has 3 atom stereocenters. The van der Waals surface area contributed by atoms with Gasteiger partial charge < -0.3 is 15.6 Å². The average Bonchev–Trinajstić information content (AvgIpc) is 2.35. The third-order valence-electron chi connectivity index (χ3n) is 4.83. The van der Waals surface area contributed by atoms with Gasteiger partial charge in [0.1, 0.15) is 5.75 Å². The summed E-state index contributed by atoms with van der Waals surface area (Å²) in [4.78, 5) is 0. The van der Waals surface area contributed by atoms with Crippen molar-refractivity contribution in [3.63, 3.8) is 0 Å². The van der Waals surface area contributed by atoms with Gasteiger partial charge in [-0.25, -0.2) is 0 Å². The second kappa shape index (κ2) is 4.25. The zero-order chi connectivity index (χ0) is 12.8. The van der Waals surface area contributed by atoms with Gasteiger partial charge in [0.2, 0.25) is 0 Å². The Labute approximate surface area is 108 Å². The fourth-order valence-corrected chi connectivity index (χ4v) is 3.59. The Kier molecular flexibility index (Phi) is 2.83. The number of hydrogen-bond donors (Lipinski definition) is 2. The van der Waals surface area contributed by atoms with Crippen LogP contribution in [0.15, 0.2) is 18.2 Å². The van der Waals surface area contributed by atoms with Crippen LogP contribution in [0.3, 0.4) is 0 Å². The molecule has 1 aliphatic heterocycles. The van der Waals surface area contributed by atoms with Crippen LogP contribution in [-0.2, 0) is 16.6 Å². The molecule has 0 amide bonds. The van der Waals surface area contributed by atoms with Gasteiger partial charge in [0.05, 0.1) is 0 Å². The van der Waals surface area contributed by atoms with Crippen LogP contribution in [-0.4, -0.2) is 24.4 Å². The summed E-state index contributed by atoms with van der Waals surface area (Å²) in [6.07, 6.45) is 2.98. The van der Waals surface area contributed by atoms with Gasteiger partial charge in [0, 0.05) is 24.7 Å². The third-order valence-corrected chi connectivity index (χ3v) is 4.83. The highest BCUT2D eigenvalue weighted by atomic mass is 16.5. The smallest absolute Gasteiger partial charge is 0.115 e. The fraction of sp³-hybridized carbons (Fsp3) is 0.600. The van der Waals surface area contributed by atoms with Gasteiger partial charge in [0.25, 0.3) is 0 Å². The molecule has 2 aliphatic rings. The molecular formula is C15H21NO2. The van der Waals surface area contributed by atoms with Crippen LogP contribution in [0.2, 0.25) is 0 Å². The summed E-state index contributed by atoms with van der Waals surface area (Å²) in [6.45, 7) is 3.80. The van der Waals surface area contributed by atoms with E-state index in [1.54, 1.807) is 6.07 Å². The van der Waals surface area contributed by atoms with Crippen molar-refractivity contribution in [2.24, 2.45) is 11.7 Å². The van der Waals surface area contributed by atoms with Crippen LogP contribution >= 0.6 is 0 Å². The largest absolute Gasteiger partial charge is 0.508 e. The number of rotatable bonds is 0. The molecule has 0 spiro atoms. The van der Waals surface area contributed by atoms with E-state index in [1.165, 1.54) is 11.1 Å². The minimum Gasteiger partial charge on any atom is -0.508 e. The van der Waals surface area contributed by atoms with Crippen LogP contribution in [0.1, 0.15) is 30.9 Å². The third kappa shape index (κ3) is 1.73. The summed E-state index contributed by atoms with van der Waals surface area (Å²) in [5, 5.41) is 9.74. The van der Waals surface area contributed by atoms with Crippen LogP contribution < -0.4 is 5.73 Å². The molecule has 2 bridgehead atoms. The van der Waals surface area contributed by atoms with Gasteiger partial charge >= 0.3 is 0 Å². The van der Waals surface area contributed by atoms with Crippen LogP contribution in [0.4, 0.5) is 0 Å². The van der Waals surface area contributed by atoms with Crippen molar-refractivity contribution in [3.8, 4) is 5.75 Å². The molecule has 1 saturated heterocycles. The van der Waals surface area contributed by atoms with Crippen molar-refractivity contribution in [2.75, 3.05) is 13.2 Å². The lowest BCUT2D eigenvalue weighted by Crippen LogP contribution is -2.53. The molecule has 3 nitrogen and oxygen atoms in total. The van der Waals surface area contributed by atoms with Gasteiger partial charge in [-0.1, -0.05) is 13.0 Å². The SMILES string of the molecule is C[C@@]12CCOCC[C@@H](Cc3ccc(O)cc31)[C@@H]2N. The Morgan fingerprint density at radius 1 is 1.39 bits per heavy atom. The number of benzene rings is 1. The van der Waals surface area contributed by atoms with E-state index in [4.69, 9.17) is 10.5 Å². The van der Waals surface area contributed by atoms with Gasteiger partial charge in [0.15, 0.2) is 0 Å². The molecule has 1 heterocycles. The molecule has 1 fully saturated rings. The van der Waals surface area contributed by atoms with E-state index in [2.05, 4.69) is 13.0 Å². The van der Waals surface area contributed by atoms with Crippen molar-refractivity contribution in [3.05, 3.63) is 29.3 Å². The number of phenols is 1. The second-order valence-corrected chi connectivity index (χ2v) is 5.90. The predicted octanol–water partition coefficient (Wildman–Crippen LogP) is 1.96. The van der Waals surface area contributed by atoms with Crippen molar-refractivity contribution in [1.82, 2.24) is 0 Å². The summed E-state index contributed by atoms with van der Waals surface area (Å²) in [7, 11) is 0. The van der Waals surface area contributed by atoms with Crippen LogP contribution in [0.5, 0.6) is 5.75 Å². The molecule has 98 valence electrons. The molecule has 0 saturated carbocycles. The Hall–Kier alpha value is -1.06. The molecular weight excluding hydrogens is 226 g/mol. The molecule has 0 radical (unpaired) electrons. The van der Waals surface area contributed by atoms with E-state index in [9.17, 15) is 5.11 Å². The maximum Gasteiger partial charge on any atom is 0.115 e. The zero-order valence-electron chi connectivity index (χ0n) is 10.9. The zero-order valence-corrected chi connectivity index (χ0v) is 10.9. The minimum atomic E-state index is -0.0720. The number of ether oxygens (including phenoxy) is 1.